The van der Waals surface area contributed by atoms with Crippen molar-refractivity contribution in [2.45, 2.75) is 51.4 Å². The van der Waals surface area contributed by atoms with Crippen molar-refractivity contribution in [3.63, 3.8) is 0 Å². The van der Waals surface area contributed by atoms with E-state index in [2.05, 4.69) is 10.2 Å². The molecule has 0 N–H and O–H groups in total. The van der Waals surface area contributed by atoms with Gasteiger partial charge in [-0.05, 0) is 49.4 Å². The van der Waals surface area contributed by atoms with Crippen LogP contribution in [0.1, 0.15) is 49.1 Å². The third kappa shape index (κ3) is 6.28. The van der Waals surface area contributed by atoms with Crippen LogP contribution in [0.2, 0.25) is 0 Å². The number of benzene rings is 2. The maximum Gasteiger partial charge on any atom is 0.391 e. The molecule has 3 unspecified atom stereocenters. The second-order valence-electron chi connectivity index (χ2n) is 10.8. The van der Waals surface area contributed by atoms with Gasteiger partial charge in [0.05, 0.1) is 34.4 Å². The number of rotatable bonds is 10. The van der Waals surface area contributed by atoms with E-state index in [1.165, 1.54) is 0 Å². The van der Waals surface area contributed by atoms with Gasteiger partial charge in [-0.3, -0.25) is 4.40 Å². The van der Waals surface area contributed by atoms with E-state index >= 15 is 0 Å². The molecule has 1 aliphatic carbocycles. The summed E-state index contributed by atoms with van der Waals surface area (Å²) in [6, 6.07) is 11.2. The summed E-state index contributed by atoms with van der Waals surface area (Å²) in [6.07, 6.45) is -0.296. The number of fused-ring (bicyclic) bond motifs is 1. The molecule has 1 fully saturated rings. The first kappa shape index (κ1) is 30.2. The quantitative estimate of drug-likeness (QED) is 0.206. The van der Waals surface area contributed by atoms with E-state index in [0.29, 0.717) is 59.8 Å². The number of methoxy groups -OCH3 is 4. The van der Waals surface area contributed by atoms with E-state index in [0.717, 1.165) is 11.1 Å². The number of aromatic nitrogens is 4. The van der Waals surface area contributed by atoms with Gasteiger partial charge in [0.15, 0.2) is 5.82 Å². The van der Waals surface area contributed by atoms with Gasteiger partial charge < -0.3 is 23.8 Å². The van der Waals surface area contributed by atoms with Crippen molar-refractivity contribution in [3.8, 4) is 23.0 Å². The molecule has 0 spiro atoms. The fourth-order valence-corrected chi connectivity index (χ4v) is 5.87. The van der Waals surface area contributed by atoms with Crippen molar-refractivity contribution < 1.29 is 32.1 Å². The molecule has 3 atom stereocenters. The SMILES string of the molecule is COc1ccc(CN(Cc2ccc(OC)cc2OC)c2nccn3c(C4CC(C(F)(F)F)CCC4C)nnc23)c(OC)c1. The average molecular weight is 600 g/mol. The molecule has 0 bridgehead atoms. The Kier molecular flexibility index (Phi) is 8.84. The second-order valence-corrected chi connectivity index (χ2v) is 10.8. The van der Waals surface area contributed by atoms with Crippen molar-refractivity contribution in [2.75, 3.05) is 33.3 Å². The molecule has 230 valence electrons. The fourth-order valence-electron chi connectivity index (χ4n) is 5.87. The number of anilines is 1. The Hall–Kier alpha value is -4.22. The lowest BCUT2D eigenvalue weighted by atomic mass is 9.74. The molecular weight excluding hydrogens is 563 g/mol. The Balaban J connectivity index is 1.58. The summed E-state index contributed by atoms with van der Waals surface area (Å²) < 4.78 is 65.0. The van der Waals surface area contributed by atoms with Crippen LogP contribution < -0.4 is 23.8 Å². The second kappa shape index (κ2) is 12.6. The molecule has 4 aromatic rings. The number of alkyl halides is 3. The highest BCUT2D eigenvalue weighted by Crippen LogP contribution is 2.46. The molecule has 1 aliphatic rings. The van der Waals surface area contributed by atoms with E-state index in [9.17, 15) is 13.2 Å². The molecule has 43 heavy (non-hydrogen) atoms. The minimum Gasteiger partial charge on any atom is -0.497 e. The predicted octanol–water partition coefficient (Wildman–Crippen LogP) is 6.45. The van der Waals surface area contributed by atoms with Gasteiger partial charge in [-0.25, -0.2) is 4.98 Å². The number of halogens is 3. The summed E-state index contributed by atoms with van der Waals surface area (Å²) in [7, 11) is 6.37. The molecule has 2 aromatic heterocycles. The van der Waals surface area contributed by atoms with Crippen molar-refractivity contribution >= 4 is 11.5 Å². The molecule has 2 aromatic carbocycles. The number of hydrogen-bond acceptors (Lipinski definition) is 8. The molecule has 0 radical (unpaired) electrons. The minimum absolute atomic E-state index is 0.0150. The molecule has 0 amide bonds. The van der Waals surface area contributed by atoms with Crippen molar-refractivity contribution in [2.24, 2.45) is 11.8 Å². The van der Waals surface area contributed by atoms with Crippen LogP contribution in [0.5, 0.6) is 23.0 Å². The topological polar surface area (TPSA) is 83.2 Å². The van der Waals surface area contributed by atoms with Crippen molar-refractivity contribution in [3.05, 3.63) is 65.7 Å². The molecule has 12 heteroatoms. The lowest BCUT2D eigenvalue weighted by Crippen LogP contribution is -2.32. The number of hydrogen-bond donors (Lipinski definition) is 0. The first-order chi connectivity index (χ1) is 20.7. The van der Waals surface area contributed by atoms with Crippen LogP contribution in [-0.2, 0) is 13.1 Å². The Morgan fingerprint density at radius 2 is 1.47 bits per heavy atom. The molecule has 1 saturated carbocycles. The third-order valence-corrected chi connectivity index (χ3v) is 8.34. The van der Waals surface area contributed by atoms with E-state index in [-0.39, 0.29) is 24.7 Å². The highest BCUT2D eigenvalue weighted by atomic mass is 19.4. The lowest BCUT2D eigenvalue weighted by molar-refractivity contribution is -0.185. The monoisotopic (exact) mass is 599 g/mol. The van der Waals surface area contributed by atoms with Crippen LogP contribution in [0.3, 0.4) is 0 Å². The van der Waals surface area contributed by atoms with Gasteiger partial charge in [0.1, 0.15) is 28.8 Å². The highest BCUT2D eigenvalue weighted by Gasteiger charge is 2.45. The number of ether oxygens (including phenoxy) is 4. The summed E-state index contributed by atoms with van der Waals surface area (Å²) in [5.74, 6) is 1.91. The average Bonchev–Trinajstić information content (AvgIpc) is 3.44. The normalized spacial score (nSPS) is 18.8. The summed E-state index contributed by atoms with van der Waals surface area (Å²) in [5.41, 5.74) is 2.19. The van der Waals surface area contributed by atoms with Crippen LogP contribution >= 0.6 is 0 Å². The molecular formula is C31H36F3N5O4. The lowest BCUT2D eigenvalue weighted by Gasteiger charge is -2.34. The first-order valence-corrected chi connectivity index (χ1v) is 14.1. The zero-order valence-corrected chi connectivity index (χ0v) is 24.9. The van der Waals surface area contributed by atoms with Crippen molar-refractivity contribution in [1.29, 1.82) is 0 Å². The van der Waals surface area contributed by atoms with Gasteiger partial charge in [0.2, 0.25) is 5.65 Å². The van der Waals surface area contributed by atoms with Crippen LogP contribution in [0.4, 0.5) is 19.0 Å². The van der Waals surface area contributed by atoms with Crippen molar-refractivity contribution in [1.82, 2.24) is 19.6 Å². The maximum absolute atomic E-state index is 13.7. The van der Waals surface area contributed by atoms with Gasteiger partial charge in [-0.15, -0.1) is 10.2 Å². The number of nitrogens with zero attached hydrogens (tertiary/aromatic N) is 5. The predicted molar refractivity (Wildman–Crippen MR) is 155 cm³/mol. The standard InChI is InChI=1S/C31H36F3N5O4/c1-19-6-9-22(31(32,33)34)14-25(19)28-36-37-30-29(35-12-13-39(28)30)38(17-20-7-10-23(40-2)15-26(20)42-4)18-21-8-11-24(41-3)16-27(21)43-5/h7-8,10-13,15-16,19,22,25H,6,9,14,17-18H2,1-5H3. The van der Waals surface area contributed by atoms with Gasteiger partial charge in [0, 0.05) is 54.7 Å². The Morgan fingerprint density at radius 3 is 2.00 bits per heavy atom. The first-order valence-electron chi connectivity index (χ1n) is 14.1. The van der Waals surface area contributed by atoms with Gasteiger partial charge in [0.25, 0.3) is 0 Å². The van der Waals surface area contributed by atoms with Gasteiger partial charge in [-0.2, -0.15) is 13.2 Å². The van der Waals surface area contributed by atoms with E-state index < -0.39 is 12.1 Å². The summed E-state index contributed by atoms with van der Waals surface area (Å²) in [6.45, 7) is 2.72. The maximum atomic E-state index is 13.7. The Bertz CT molecular complexity index is 1500. The van der Waals surface area contributed by atoms with E-state index in [1.54, 1.807) is 45.2 Å². The van der Waals surface area contributed by atoms with Gasteiger partial charge >= 0.3 is 6.18 Å². The van der Waals surface area contributed by atoms with Crippen LogP contribution in [0, 0.1) is 11.8 Å². The third-order valence-electron chi connectivity index (χ3n) is 8.34. The highest BCUT2D eigenvalue weighted by molar-refractivity contribution is 5.65. The minimum atomic E-state index is -4.24. The molecule has 0 aliphatic heterocycles. The Labute approximate surface area is 248 Å². The van der Waals surface area contributed by atoms with Crippen LogP contribution in [-0.4, -0.2) is 54.2 Å². The molecule has 0 saturated heterocycles. The molecule has 9 nitrogen and oxygen atoms in total. The zero-order valence-electron chi connectivity index (χ0n) is 24.9. The zero-order chi connectivity index (χ0) is 30.7. The molecule has 2 heterocycles. The summed E-state index contributed by atoms with van der Waals surface area (Å²) in [5, 5.41) is 8.94. The van der Waals surface area contributed by atoms with E-state index in [1.807, 2.05) is 48.2 Å². The van der Waals surface area contributed by atoms with Crippen LogP contribution in [0.25, 0.3) is 5.65 Å². The summed E-state index contributed by atoms with van der Waals surface area (Å²) >= 11 is 0. The smallest absolute Gasteiger partial charge is 0.391 e. The Morgan fingerprint density at radius 1 is 0.860 bits per heavy atom. The van der Waals surface area contributed by atoms with Crippen LogP contribution in [0.15, 0.2) is 48.8 Å². The largest absolute Gasteiger partial charge is 0.497 e. The van der Waals surface area contributed by atoms with E-state index in [4.69, 9.17) is 23.9 Å². The summed E-state index contributed by atoms with van der Waals surface area (Å²) in [4.78, 5) is 6.72. The van der Waals surface area contributed by atoms with Gasteiger partial charge in [-0.1, -0.05) is 6.92 Å². The fraction of sp³-hybridized carbons (Fsp3) is 0.452. The molecule has 5 rings (SSSR count).